The summed E-state index contributed by atoms with van der Waals surface area (Å²) in [5.74, 6) is 0. The number of hydrogen-bond acceptors (Lipinski definition) is 6. The zero-order valence-corrected chi connectivity index (χ0v) is 8.35. The maximum atomic E-state index is 8.34. The van der Waals surface area contributed by atoms with Crippen LogP contribution in [-0.2, 0) is 9.47 Å². The maximum absolute atomic E-state index is 8.34. The summed E-state index contributed by atoms with van der Waals surface area (Å²) in [5, 5.41) is 25.0. The first-order valence-electron chi connectivity index (χ1n) is 4.34. The molecule has 1 saturated heterocycles. The lowest BCUT2D eigenvalue weighted by atomic mass is 10.1. The van der Waals surface area contributed by atoms with E-state index in [2.05, 4.69) is 0 Å². The van der Waals surface area contributed by atoms with E-state index in [1.165, 1.54) is 0 Å². The molecule has 1 unspecified atom stereocenters. The molecular weight excluding hydrogens is 190 g/mol. The highest BCUT2D eigenvalue weighted by molar-refractivity contribution is 4.80. The smallest absolute Gasteiger partial charge is 0.104 e. The molecule has 0 radical (unpaired) electrons. The molecule has 0 aromatic carbocycles. The number of aliphatic hydroxyl groups excluding tert-OH is 3. The molecule has 0 aromatic rings. The van der Waals surface area contributed by atoms with E-state index < -0.39 is 25.4 Å². The predicted molar refractivity (Wildman–Crippen MR) is 49.8 cm³/mol. The van der Waals surface area contributed by atoms with Crippen molar-refractivity contribution < 1.29 is 24.8 Å². The molecule has 0 aliphatic carbocycles. The summed E-state index contributed by atoms with van der Waals surface area (Å²) < 4.78 is 9.56. The fourth-order valence-corrected chi connectivity index (χ4v) is 0.500. The highest BCUT2D eigenvalue weighted by Gasteiger charge is 2.21. The zero-order chi connectivity index (χ0) is 11.0. The molecule has 0 aromatic heterocycles. The first kappa shape index (κ1) is 13.8. The minimum atomic E-state index is -1.21. The van der Waals surface area contributed by atoms with Gasteiger partial charge >= 0.3 is 0 Å². The number of ether oxygens (including phenoxy) is 2. The third-order valence-electron chi connectivity index (χ3n) is 1.70. The van der Waals surface area contributed by atoms with Gasteiger partial charge in [-0.2, -0.15) is 0 Å². The van der Waals surface area contributed by atoms with Gasteiger partial charge in [0.05, 0.1) is 38.6 Å². The van der Waals surface area contributed by atoms with E-state index in [-0.39, 0.29) is 0 Å². The summed E-state index contributed by atoms with van der Waals surface area (Å²) in [6, 6.07) is 0. The molecule has 1 rings (SSSR count). The Morgan fingerprint density at radius 1 is 1.36 bits per heavy atom. The van der Waals surface area contributed by atoms with Crippen molar-refractivity contribution in [1.29, 1.82) is 0 Å². The average molecular weight is 209 g/mol. The van der Waals surface area contributed by atoms with Crippen LogP contribution in [0.1, 0.15) is 0 Å². The topological polar surface area (TPSA) is 108 Å². The van der Waals surface area contributed by atoms with Crippen molar-refractivity contribution in [3.05, 3.63) is 0 Å². The molecule has 1 aliphatic heterocycles. The number of rotatable bonds is 5. The molecule has 0 spiro atoms. The minimum absolute atomic E-state index is 0.403. The summed E-state index contributed by atoms with van der Waals surface area (Å²) >= 11 is 0. The monoisotopic (exact) mass is 209 g/mol. The second-order valence-corrected chi connectivity index (χ2v) is 3.25. The summed E-state index contributed by atoms with van der Waals surface area (Å²) in [5.41, 5.74) is 3.94. The van der Waals surface area contributed by atoms with Crippen molar-refractivity contribution in [3.63, 3.8) is 0 Å². The summed E-state index contributed by atoms with van der Waals surface area (Å²) in [7, 11) is 1.68. The highest BCUT2D eigenvalue weighted by Crippen LogP contribution is 2.06. The molecule has 1 heterocycles. The number of methoxy groups -OCH3 is 1. The van der Waals surface area contributed by atoms with Gasteiger partial charge in [-0.25, -0.2) is 0 Å². The number of epoxide rings is 1. The number of hydrogen-bond donors (Lipinski definition) is 4. The fraction of sp³-hybridized carbons (Fsp3) is 1.00. The Balaban J connectivity index is 0.000000249. The van der Waals surface area contributed by atoms with Crippen LogP contribution < -0.4 is 5.73 Å². The van der Waals surface area contributed by atoms with E-state index in [0.29, 0.717) is 6.10 Å². The van der Waals surface area contributed by atoms with Crippen molar-refractivity contribution in [2.45, 2.75) is 11.6 Å². The van der Waals surface area contributed by atoms with Gasteiger partial charge in [0.2, 0.25) is 0 Å². The maximum Gasteiger partial charge on any atom is 0.104 e. The standard InChI is InChI=1S/C4H11NO3.C4H8O2/c5-4(1-6,2-7)3-8;1-5-2-4-3-6-4/h6-8H,1-3,5H2;4H,2-3H2,1H3. The van der Waals surface area contributed by atoms with Gasteiger partial charge in [-0.05, 0) is 0 Å². The van der Waals surface area contributed by atoms with Crippen LogP contribution in [0.3, 0.4) is 0 Å². The zero-order valence-electron chi connectivity index (χ0n) is 8.35. The molecule has 1 aliphatic rings. The van der Waals surface area contributed by atoms with Gasteiger partial charge in [0, 0.05) is 7.11 Å². The summed E-state index contributed by atoms with van der Waals surface area (Å²) in [6.45, 7) is 0.452. The number of nitrogens with two attached hydrogens (primary N) is 1. The van der Waals surface area contributed by atoms with E-state index >= 15 is 0 Å². The quantitative estimate of drug-likeness (QED) is 0.379. The second kappa shape index (κ2) is 7.10. The number of aliphatic hydroxyl groups is 3. The van der Waals surface area contributed by atoms with Gasteiger partial charge < -0.3 is 30.5 Å². The van der Waals surface area contributed by atoms with Crippen LogP contribution in [0.25, 0.3) is 0 Å². The highest BCUT2D eigenvalue weighted by atomic mass is 16.6. The predicted octanol–water partition coefficient (Wildman–Crippen LogP) is -2.31. The van der Waals surface area contributed by atoms with Crippen LogP contribution >= 0.6 is 0 Å². The van der Waals surface area contributed by atoms with Gasteiger partial charge in [0.1, 0.15) is 6.10 Å². The van der Waals surface area contributed by atoms with E-state index in [4.69, 9.17) is 30.5 Å². The third kappa shape index (κ3) is 6.25. The molecule has 86 valence electrons. The first-order valence-corrected chi connectivity index (χ1v) is 4.34. The SMILES string of the molecule is COCC1CO1.NC(CO)(CO)CO. The Labute approximate surface area is 83.2 Å². The first-order chi connectivity index (χ1) is 6.61. The van der Waals surface area contributed by atoms with Crippen LogP contribution in [-0.4, -0.2) is 67.1 Å². The van der Waals surface area contributed by atoms with E-state index in [1.807, 2.05) is 0 Å². The Bertz CT molecular complexity index is 127. The van der Waals surface area contributed by atoms with Crippen molar-refractivity contribution >= 4 is 0 Å². The van der Waals surface area contributed by atoms with Crippen LogP contribution in [0.5, 0.6) is 0 Å². The van der Waals surface area contributed by atoms with Crippen molar-refractivity contribution in [3.8, 4) is 0 Å². The van der Waals surface area contributed by atoms with E-state index in [9.17, 15) is 0 Å². The lowest BCUT2D eigenvalue weighted by Crippen LogP contribution is -2.50. The molecule has 0 amide bonds. The van der Waals surface area contributed by atoms with Gasteiger partial charge in [-0.3, -0.25) is 0 Å². The van der Waals surface area contributed by atoms with E-state index in [1.54, 1.807) is 7.11 Å². The molecule has 6 nitrogen and oxygen atoms in total. The Morgan fingerprint density at radius 2 is 1.79 bits per heavy atom. The van der Waals surface area contributed by atoms with Crippen LogP contribution in [0, 0.1) is 0 Å². The van der Waals surface area contributed by atoms with Crippen LogP contribution in [0.2, 0.25) is 0 Å². The Kier molecular flexibility index (Phi) is 6.98. The van der Waals surface area contributed by atoms with Crippen LogP contribution in [0.4, 0.5) is 0 Å². The summed E-state index contributed by atoms with van der Waals surface area (Å²) in [6.07, 6.45) is 0.426. The van der Waals surface area contributed by atoms with Gasteiger partial charge in [-0.1, -0.05) is 0 Å². The van der Waals surface area contributed by atoms with Crippen molar-refractivity contribution in [1.82, 2.24) is 0 Å². The molecular formula is C8H19NO5. The lowest BCUT2D eigenvalue weighted by molar-refractivity contribution is 0.0698. The molecule has 14 heavy (non-hydrogen) atoms. The molecule has 6 heteroatoms. The third-order valence-corrected chi connectivity index (χ3v) is 1.70. The molecule has 5 N–H and O–H groups in total. The largest absolute Gasteiger partial charge is 0.394 e. The second-order valence-electron chi connectivity index (χ2n) is 3.25. The summed E-state index contributed by atoms with van der Waals surface area (Å²) in [4.78, 5) is 0. The van der Waals surface area contributed by atoms with Gasteiger partial charge in [0.25, 0.3) is 0 Å². The molecule has 0 saturated carbocycles. The fourth-order valence-electron chi connectivity index (χ4n) is 0.500. The Morgan fingerprint density at radius 3 is 1.86 bits per heavy atom. The average Bonchev–Trinajstić information content (AvgIpc) is 3.02. The Hall–Kier alpha value is -0.240. The van der Waals surface area contributed by atoms with Crippen molar-refractivity contribution in [2.75, 3.05) is 40.1 Å². The van der Waals surface area contributed by atoms with Gasteiger partial charge in [0.15, 0.2) is 0 Å². The van der Waals surface area contributed by atoms with Crippen LogP contribution in [0.15, 0.2) is 0 Å². The van der Waals surface area contributed by atoms with Gasteiger partial charge in [-0.15, -0.1) is 0 Å². The van der Waals surface area contributed by atoms with Crippen molar-refractivity contribution in [2.24, 2.45) is 5.73 Å². The molecule has 1 fully saturated rings. The normalized spacial score (nSPS) is 19.9. The molecule has 1 atom stereocenters. The molecule has 0 bridgehead atoms. The lowest BCUT2D eigenvalue weighted by Gasteiger charge is -2.20. The van der Waals surface area contributed by atoms with E-state index in [0.717, 1.165) is 13.2 Å². The minimum Gasteiger partial charge on any atom is -0.394 e.